The van der Waals surface area contributed by atoms with Gasteiger partial charge in [-0.05, 0) is 36.1 Å². The van der Waals surface area contributed by atoms with Crippen molar-refractivity contribution in [2.75, 3.05) is 0 Å². The molecule has 8 heteroatoms. The number of aromatic nitrogens is 2. The molecule has 0 saturated heterocycles. The zero-order valence-electron chi connectivity index (χ0n) is 17.5. The van der Waals surface area contributed by atoms with Crippen LogP contribution in [0.3, 0.4) is 0 Å². The van der Waals surface area contributed by atoms with Crippen LogP contribution in [0.2, 0.25) is 0 Å². The van der Waals surface area contributed by atoms with Crippen LogP contribution in [0.15, 0.2) is 66.9 Å². The van der Waals surface area contributed by atoms with E-state index in [1.165, 1.54) is 6.07 Å². The molecule has 1 N–H and O–H groups in total. The number of benzene rings is 2. The molecule has 0 saturated carbocycles. The molecule has 4 aromatic rings. The maximum atomic E-state index is 12.1. The lowest BCUT2D eigenvalue weighted by Crippen LogP contribution is -2.09. The number of carbonyl (C=O) groups is 1. The Morgan fingerprint density at radius 2 is 1.85 bits per heavy atom. The van der Waals surface area contributed by atoms with Gasteiger partial charge in [0.05, 0.1) is 10.3 Å². The zero-order chi connectivity index (χ0) is 23.4. The maximum Gasteiger partial charge on any atom is 0.355 e. The van der Waals surface area contributed by atoms with Gasteiger partial charge >= 0.3 is 5.97 Å². The second-order valence-corrected chi connectivity index (χ2v) is 7.09. The standard InChI is InChI=1S/C25H17N3O5/c1-16-10-13-20(28(31)32)23-21(16)24(33-15-17-7-3-2-4-8-17)19(22(27-23)25(29)30)12-11-18-9-5-6-14-26-18/h2-10,13-14H,15H2,1H3,(H,29,30). The van der Waals surface area contributed by atoms with E-state index in [-0.39, 0.29) is 29.1 Å². The highest BCUT2D eigenvalue weighted by Crippen LogP contribution is 2.37. The third kappa shape index (κ3) is 4.48. The minimum atomic E-state index is -1.37. The van der Waals surface area contributed by atoms with Gasteiger partial charge < -0.3 is 9.84 Å². The van der Waals surface area contributed by atoms with Crippen LogP contribution in [0, 0.1) is 28.9 Å². The average Bonchev–Trinajstić information content (AvgIpc) is 2.82. The van der Waals surface area contributed by atoms with E-state index < -0.39 is 16.6 Å². The number of aryl methyl sites for hydroxylation is 1. The van der Waals surface area contributed by atoms with Crippen molar-refractivity contribution in [3.05, 3.63) is 105 Å². The van der Waals surface area contributed by atoms with Crippen molar-refractivity contribution in [2.45, 2.75) is 13.5 Å². The summed E-state index contributed by atoms with van der Waals surface area (Å²) in [6, 6.07) is 17.3. The Morgan fingerprint density at radius 3 is 2.52 bits per heavy atom. The second-order valence-electron chi connectivity index (χ2n) is 7.09. The highest BCUT2D eigenvalue weighted by molar-refractivity contribution is 6.01. The van der Waals surface area contributed by atoms with Gasteiger partial charge in [-0.1, -0.05) is 48.4 Å². The van der Waals surface area contributed by atoms with E-state index in [2.05, 4.69) is 21.8 Å². The van der Waals surface area contributed by atoms with Gasteiger partial charge in [0.15, 0.2) is 11.2 Å². The van der Waals surface area contributed by atoms with Gasteiger partial charge in [0.2, 0.25) is 0 Å². The van der Waals surface area contributed by atoms with Gasteiger partial charge in [-0.25, -0.2) is 14.8 Å². The Labute approximate surface area is 188 Å². The summed E-state index contributed by atoms with van der Waals surface area (Å²) in [6.45, 7) is 1.86. The van der Waals surface area contributed by atoms with Crippen molar-refractivity contribution < 1.29 is 19.6 Å². The molecule has 0 aliphatic rings. The Hall–Kier alpha value is -4.77. The number of hydrogen-bond acceptors (Lipinski definition) is 6. The predicted octanol–water partition coefficient (Wildman–Crippen LogP) is 4.52. The van der Waals surface area contributed by atoms with E-state index in [0.717, 1.165) is 5.56 Å². The number of hydrogen-bond donors (Lipinski definition) is 1. The van der Waals surface area contributed by atoms with Crippen LogP contribution >= 0.6 is 0 Å². The lowest BCUT2D eigenvalue weighted by atomic mass is 10.0. The lowest BCUT2D eigenvalue weighted by molar-refractivity contribution is -0.383. The molecule has 0 unspecified atom stereocenters. The van der Waals surface area contributed by atoms with Crippen molar-refractivity contribution in [3.63, 3.8) is 0 Å². The molecule has 162 valence electrons. The second kappa shape index (κ2) is 9.16. The van der Waals surface area contributed by atoms with Gasteiger partial charge in [-0.3, -0.25) is 10.1 Å². The fraction of sp³-hybridized carbons (Fsp3) is 0.0800. The number of carboxylic acids is 1. The first-order valence-corrected chi connectivity index (χ1v) is 9.90. The molecule has 0 atom stereocenters. The Morgan fingerprint density at radius 1 is 1.09 bits per heavy atom. The van der Waals surface area contributed by atoms with E-state index in [4.69, 9.17) is 4.74 Å². The van der Waals surface area contributed by atoms with E-state index in [0.29, 0.717) is 16.6 Å². The molecule has 0 bridgehead atoms. The van der Waals surface area contributed by atoms with Crippen LogP contribution in [0.1, 0.15) is 32.9 Å². The van der Waals surface area contributed by atoms with E-state index in [9.17, 15) is 20.0 Å². The summed E-state index contributed by atoms with van der Waals surface area (Å²) >= 11 is 0. The fourth-order valence-electron chi connectivity index (χ4n) is 3.34. The summed E-state index contributed by atoms with van der Waals surface area (Å²) in [7, 11) is 0. The first-order chi connectivity index (χ1) is 16.0. The number of aromatic carboxylic acids is 1. The Kier molecular flexibility index (Phi) is 5.96. The van der Waals surface area contributed by atoms with Gasteiger partial charge in [0, 0.05) is 12.3 Å². The third-order valence-electron chi connectivity index (χ3n) is 4.89. The number of nitrogens with zero attached hydrogens (tertiary/aromatic N) is 3. The summed E-state index contributed by atoms with van der Waals surface area (Å²) in [4.78, 5) is 31.4. The van der Waals surface area contributed by atoms with Crippen LogP contribution in [0.5, 0.6) is 5.75 Å². The monoisotopic (exact) mass is 439 g/mol. The average molecular weight is 439 g/mol. The third-order valence-corrected chi connectivity index (χ3v) is 4.89. The summed E-state index contributed by atoms with van der Waals surface area (Å²) in [6.07, 6.45) is 1.57. The van der Waals surface area contributed by atoms with Crippen LogP contribution < -0.4 is 4.74 Å². The molecule has 0 aliphatic heterocycles. The van der Waals surface area contributed by atoms with E-state index >= 15 is 0 Å². The van der Waals surface area contributed by atoms with Gasteiger partial charge in [0.1, 0.15) is 23.6 Å². The van der Waals surface area contributed by atoms with Crippen molar-refractivity contribution in [1.82, 2.24) is 9.97 Å². The molecule has 0 amide bonds. The predicted molar refractivity (Wildman–Crippen MR) is 121 cm³/mol. The van der Waals surface area contributed by atoms with Crippen LogP contribution in [0.4, 0.5) is 5.69 Å². The molecule has 0 fully saturated rings. The number of carboxylic acid groups (broad SMARTS) is 1. The molecule has 2 aromatic heterocycles. The van der Waals surface area contributed by atoms with Gasteiger partial charge in [0.25, 0.3) is 5.69 Å². The molecule has 33 heavy (non-hydrogen) atoms. The molecular weight excluding hydrogens is 422 g/mol. The summed E-state index contributed by atoms with van der Waals surface area (Å²) in [5, 5.41) is 21.8. The van der Waals surface area contributed by atoms with Crippen LogP contribution in [-0.4, -0.2) is 26.0 Å². The number of nitro groups is 1. The SMILES string of the molecule is Cc1ccc([N+](=O)[O-])c2nc(C(=O)O)c(C#Cc3ccccn3)c(OCc3ccccc3)c12. The molecule has 4 rings (SSSR count). The van der Waals surface area contributed by atoms with Gasteiger partial charge in [-0.2, -0.15) is 0 Å². The number of pyridine rings is 2. The van der Waals surface area contributed by atoms with Gasteiger partial charge in [-0.15, -0.1) is 0 Å². The molecule has 8 nitrogen and oxygen atoms in total. The zero-order valence-corrected chi connectivity index (χ0v) is 17.5. The van der Waals surface area contributed by atoms with Crippen molar-refractivity contribution in [1.29, 1.82) is 0 Å². The summed E-state index contributed by atoms with van der Waals surface area (Å²) in [5.41, 5.74) is 1.13. The minimum Gasteiger partial charge on any atom is -0.487 e. The Balaban J connectivity index is 2.01. The van der Waals surface area contributed by atoms with Crippen LogP contribution in [0.25, 0.3) is 10.9 Å². The highest BCUT2D eigenvalue weighted by Gasteiger charge is 2.26. The first kappa shape index (κ1) is 21.5. The number of rotatable bonds is 5. The number of non-ortho nitro benzene ring substituents is 1. The first-order valence-electron chi connectivity index (χ1n) is 9.90. The highest BCUT2D eigenvalue weighted by atomic mass is 16.6. The molecule has 0 aliphatic carbocycles. The number of nitro benzene ring substituents is 1. The summed E-state index contributed by atoms with van der Waals surface area (Å²) < 4.78 is 6.08. The van der Waals surface area contributed by atoms with Crippen molar-refractivity contribution in [2.24, 2.45) is 0 Å². The number of ether oxygens (including phenoxy) is 1. The lowest BCUT2D eigenvalue weighted by Gasteiger charge is -2.15. The van der Waals surface area contributed by atoms with Crippen molar-refractivity contribution >= 4 is 22.6 Å². The molecule has 2 heterocycles. The minimum absolute atomic E-state index is 0.0279. The van der Waals surface area contributed by atoms with Crippen molar-refractivity contribution in [3.8, 4) is 17.6 Å². The van der Waals surface area contributed by atoms with Crippen LogP contribution in [-0.2, 0) is 6.61 Å². The summed E-state index contributed by atoms with van der Waals surface area (Å²) in [5.74, 6) is 4.43. The molecule has 0 spiro atoms. The molecule has 0 radical (unpaired) electrons. The fourth-order valence-corrected chi connectivity index (χ4v) is 3.34. The number of fused-ring (bicyclic) bond motifs is 1. The van der Waals surface area contributed by atoms with E-state index in [1.54, 1.807) is 37.4 Å². The molecule has 2 aromatic carbocycles. The Bertz CT molecular complexity index is 1430. The topological polar surface area (TPSA) is 115 Å². The molecular formula is C25H17N3O5. The smallest absolute Gasteiger partial charge is 0.355 e. The van der Waals surface area contributed by atoms with E-state index in [1.807, 2.05) is 30.3 Å². The normalized spacial score (nSPS) is 10.3. The largest absolute Gasteiger partial charge is 0.487 e. The quantitative estimate of drug-likeness (QED) is 0.276. The maximum absolute atomic E-state index is 12.1.